The Labute approximate surface area is 316 Å². The van der Waals surface area contributed by atoms with Crippen LogP contribution in [0.5, 0.6) is 0 Å². The molecule has 18 nitrogen and oxygen atoms in total. The van der Waals surface area contributed by atoms with Crippen LogP contribution in [0.25, 0.3) is 0 Å². The van der Waals surface area contributed by atoms with Gasteiger partial charge in [-0.05, 0) is 0 Å². The Morgan fingerprint density at radius 1 is 0.585 bits per heavy atom. The number of nitrogens with zero attached hydrogens (tertiary/aromatic N) is 1. The van der Waals surface area contributed by atoms with Crippen LogP contribution >= 0.6 is 24.0 Å². The van der Waals surface area contributed by atoms with Gasteiger partial charge in [0.15, 0.2) is 42.2 Å². The second-order valence-electron chi connectivity index (χ2n) is 11.5. The molecular formula is C33H45NO17S2. The fraction of sp³-hybridized carbons (Fsp3) is 0.636. The topological polar surface area (TPSA) is 215 Å². The first kappa shape index (κ1) is 45.0. The van der Waals surface area contributed by atoms with Gasteiger partial charge in [-0.3, -0.25) is 33.6 Å². The SMILES string of the molecule is C=CCN(CC=C)C(=S)S[C@@H]1O[C@H](COC(C)=O)[C@@H](O[C@@H]2O[C@H](COC(C)=O)[C@H](OC(C)=O)[C@H](OC(C)=O)[C@H]2OC(C)=O)[C@H](OC(C)=O)[C@H]1OC(C)=O. The molecule has 10 atom stereocenters. The van der Waals surface area contributed by atoms with Gasteiger partial charge in [0.25, 0.3) is 0 Å². The molecule has 0 radical (unpaired) electrons. The average molecular weight is 792 g/mol. The van der Waals surface area contributed by atoms with E-state index < -0.39 is 116 Å². The highest BCUT2D eigenvalue weighted by Gasteiger charge is 2.57. The van der Waals surface area contributed by atoms with E-state index in [0.29, 0.717) is 13.1 Å². The van der Waals surface area contributed by atoms with E-state index in [9.17, 15) is 33.6 Å². The highest BCUT2D eigenvalue weighted by atomic mass is 32.2. The van der Waals surface area contributed by atoms with E-state index in [2.05, 4.69) is 13.2 Å². The summed E-state index contributed by atoms with van der Waals surface area (Å²) in [5.41, 5.74) is -1.20. The average Bonchev–Trinajstić information content (AvgIpc) is 3.03. The predicted molar refractivity (Wildman–Crippen MR) is 185 cm³/mol. The minimum atomic E-state index is -1.79. The van der Waals surface area contributed by atoms with E-state index >= 15 is 0 Å². The van der Waals surface area contributed by atoms with E-state index in [1.54, 1.807) is 17.1 Å². The van der Waals surface area contributed by atoms with Gasteiger partial charge in [-0.1, -0.05) is 36.1 Å². The lowest BCUT2D eigenvalue weighted by Gasteiger charge is -2.48. The molecule has 0 saturated carbocycles. The summed E-state index contributed by atoms with van der Waals surface area (Å²) in [6.07, 6.45) is -10.7. The third-order valence-corrected chi connectivity index (χ3v) is 8.68. The molecule has 0 amide bonds. The lowest BCUT2D eigenvalue weighted by atomic mass is 9.96. The molecule has 0 spiro atoms. The standard InChI is InChI=1S/C33H45NO17S2/c1-10-12-34(13-11-2)33(52)53-32-30(48-22(9)41)28(46-20(7)39)26(24(50-32)15-43-17(4)36)51-31-29(47-21(8)40)27(45-19(6)38)25(44-18(5)37)23(49-31)14-42-16(3)35/h10-11,23-32H,1-2,12-15H2,3-9H3/t23-,24-,25+,26-,27+,28+,29-,30-,31+,32+/m1/s1. The Bertz CT molecular complexity index is 1380. The van der Waals surface area contributed by atoms with Gasteiger partial charge in [0.05, 0.1) is 0 Å². The number of thiocarbonyl (C=S) groups is 1. The van der Waals surface area contributed by atoms with Crippen molar-refractivity contribution in [3.05, 3.63) is 25.3 Å². The first-order valence-electron chi connectivity index (χ1n) is 16.1. The van der Waals surface area contributed by atoms with Crippen LogP contribution in [-0.2, 0) is 80.9 Å². The number of carbonyl (C=O) groups excluding carboxylic acids is 7. The molecule has 53 heavy (non-hydrogen) atoms. The quantitative estimate of drug-likeness (QED) is 0.0932. The summed E-state index contributed by atoms with van der Waals surface area (Å²) >= 11 is 6.58. The fourth-order valence-electron chi connectivity index (χ4n) is 5.28. The van der Waals surface area contributed by atoms with Gasteiger partial charge in [-0.15, -0.1) is 13.2 Å². The maximum atomic E-state index is 12.6. The molecule has 296 valence electrons. The molecule has 0 aromatic rings. The second-order valence-corrected chi connectivity index (χ2v) is 13.3. The van der Waals surface area contributed by atoms with E-state index in [0.717, 1.165) is 60.2 Å². The van der Waals surface area contributed by atoms with E-state index in [4.69, 9.17) is 59.6 Å². The lowest BCUT2D eigenvalue weighted by molar-refractivity contribution is -0.341. The summed E-state index contributed by atoms with van der Waals surface area (Å²) < 4.78 is 57.2. The highest BCUT2D eigenvalue weighted by molar-refractivity contribution is 8.23. The number of thioether (sulfide) groups is 1. The Kier molecular flexibility index (Phi) is 18.3. The molecular weight excluding hydrogens is 746 g/mol. The molecule has 0 unspecified atom stereocenters. The van der Waals surface area contributed by atoms with Crippen molar-refractivity contribution in [2.45, 2.75) is 109 Å². The summed E-state index contributed by atoms with van der Waals surface area (Å²) in [7, 11) is 0. The van der Waals surface area contributed by atoms with Crippen molar-refractivity contribution in [2.24, 2.45) is 0 Å². The Balaban J connectivity index is 2.77. The minimum Gasteiger partial charge on any atom is -0.463 e. The predicted octanol–water partition coefficient (Wildman–Crippen LogP) is 1.30. The third kappa shape index (κ3) is 14.3. The molecule has 20 heteroatoms. The van der Waals surface area contributed by atoms with E-state index in [-0.39, 0.29) is 4.32 Å². The van der Waals surface area contributed by atoms with Gasteiger partial charge in [0.2, 0.25) is 0 Å². The molecule has 0 aromatic heterocycles. The molecule has 0 bridgehead atoms. The van der Waals surface area contributed by atoms with Gasteiger partial charge in [0, 0.05) is 61.6 Å². The van der Waals surface area contributed by atoms with Crippen LogP contribution < -0.4 is 0 Å². The number of ether oxygens (including phenoxy) is 10. The number of hydrogen-bond donors (Lipinski definition) is 0. The summed E-state index contributed by atoms with van der Waals surface area (Å²) in [5.74, 6) is -5.81. The zero-order valence-corrected chi connectivity index (χ0v) is 32.0. The van der Waals surface area contributed by atoms with Crippen molar-refractivity contribution in [2.75, 3.05) is 26.3 Å². The zero-order chi connectivity index (χ0) is 40.0. The molecule has 0 aliphatic carbocycles. The second kappa shape index (κ2) is 21.6. The first-order valence-corrected chi connectivity index (χ1v) is 17.4. The van der Waals surface area contributed by atoms with Crippen LogP contribution in [0.1, 0.15) is 48.5 Å². The van der Waals surface area contributed by atoms with Crippen LogP contribution in [0, 0.1) is 0 Å². The minimum absolute atomic E-state index is 0.249. The number of carbonyl (C=O) groups is 7. The molecule has 2 aliphatic heterocycles. The Morgan fingerprint density at radius 2 is 0.981 bits per heavy atom. The Hall–Kier alpha value is -4.11. The normalized spacial score (nSPS) is 27.8. The fourth-order valence-corrected chi connectivity index (χ4v) is 6.75. The monoisotopic (exact) mass is 791 g/mol. The van der Waals surface area contributed by atoms with Crippen LogP contribution in [0.3, 0.4) is 0 Å². The lowest BCUT2D eigenvalue weighted by Crippen LogP contribution is -2.67. The van der Waals surface area contributed by atoms with Gasteiger partial charge in [-0.2, -0.15) is 0 Å². The number of hydrogen-bond acceptors (Lipinski definition) is 19. The summed E-state index contributed by atoms with van der Waals surface area (Å²) in [6, 6.07) is 0. The van der Waals surface area contributed by atoms with Gasteiger partial charge < -0.3 is 52.3 Å². The van der Waals surface area contributed by atoms with Crippen molar-refractivity contribution in [1.82, 2.24) is 4.90 Å². The highest BCUT2D eigenvalue weighted by Crippen LogP contribution is 2.38. The van der Waals surface area contributed by atoms with Crippen molar-refractivity contribution < 1.29 is 80.9 Å². The third-order valence-electron chi connectivity index (χ3n) is 7.06. The molecule has 2 rings (SSSR count). The van der Waals surface area contributed by atoms with Crippen LogP contribution in [0.2, 0.25) is 0 Å². The molecule has 2 aliphatic rings. The van der Waals surface area contributed by atoms with E-state index in [1.165, 1.54) is 0 Å². The van der Waals surface area contributed by atoms with Crippen molar-refractivity contribution in [3.8, 4) is 0 Å². The largest absolute Gasteiger partial charge is 0.463 e. The van der Waals surface area contributed by atoms with E-state index in [1.807, 2.05) is 0 Å². The smallest absolute Gasteiger partial charge is 0.303 e. The maximum Gasteiger partial charge on any atom is 0.303 e. The van der Waals surface area contributed by atoms with Crippen molar-refractivity contribution >= 4 is 70.1 Å². The van der Waals surface area contributed by atoms with Gasteiger partial charge >= 0.3 is 41.8 Å². The molecule has 0 aromatic carbocycles. The summed E-state index contributed by atoms with van der Waals surface area (Å²) in [4.78, 5) is 87.6. The maximum absolute atomic E-state index is 12.6. The van der Waals surface area contributed by atoms with Crippen LogP contribution in [-0.4, -0.2) is 138 Å². The van der Waals surface area contributed by atoms with Crippen LogP contribution in [0.15, 0.2) is 25.3 Å². The van der Waals surface area contributed by atoms with Gasteiger partial charge in [-0.25, -0.2) is 0 Å². The number of esters is 7. The molecule has 2 fully saturated rings. The van der Waals surface area contributed by atoms with Gasteiger partial charge in [0.1, 0.15) is 35.8 Å². The first-order chi connectivity index (χ1) is 24.9. The zero-order valence-electron chi connectivity index (χ0n) is 30.4. The van der Waals surface area contributed by atoms with Crippen LogP contribution in [0.4, 0.5) is 0 Å². The molecule has 2 heterocycles. The summed E-state index contributed by atoms with van der Waals surface area (Å²) in [5, 5.41) is 0. The Morgan fingerprint density at radius 3 is 1.42 bits per heavy atom. The number of rotatable bonds is 16. The van der Waals surface area contributed by atoms with Crippen molar-refractivity contribution in [1.29, 1.82) is 0 Å². The van der Waals surface area contributed by atoms with Crippen molar-refractivity contribution in [3.63, 3.8) is 0 Å². The molecule has 2 saturated heterocycles. The molecule has 0 N–H and O–H groups in total. The summed E-state index contributed by atoms with van der Waals surface area (Å²) in [6.45, 7) is 14.5.